The van der Waals surface area contributed by atoms with Crippen molar-refractivity contribution in [3.8, 4) is 0 Å². The summed E-state index contributed by atoms with van der Waals surface area (Å²) in [5.74, 6) is -1.58. The molecule has 0 saturated heterocycles. The molecule has 0 aliphatic carbocycles. The van der Waals surface area contributed by atoms with Gasteiger partial charge in [-0.1, -0.05) is 34.8 Å². The maximum absolute atomic E-state index is 11.8. The van der Waals surface area contributed by atoms with Gasteiger partial charge in [-0.05, 0) is 0 Å². The summed E-state index contributed by atoms with van der Waals surface area (Å²) in [4.78, 5) is 26.8. The summed E-state index contributed by atoms with van der Waals surface area (Å²) in [6.45, 7) is -0.628. The van der Waals surface area contributed by atoms with Gasteiger partial charge in [0.25, 0.3) is 5.91 Å². The number of aliphatic hydroxyl groups excluding tert-OH is 1. The SMILES string of the molecule is COC(=O)C(CO)NC(=O)c1ncc(Cl)c(Cl)c1Cl. The fourth-order valence-electron chi connectivity index (χ4n) is 1.15. The monoisotopic (exact) mass is 326 g/mol. The van der Waals surface area contributed by atoms with Gasteiger partial charge in [0.15, 0.2) is 6.04 Å². The number of ether oxygens (including phenoxy) is 1. The number of hydrogen-bond acceptors (Lipinski definition) is 5. The molecular formula is C10H9Cl3N2O4. The standard InChI is InChI=1S/C10H9Cl3N2O4/c1-19-10(18)5(3-16)15-9(17)8-7(13)6(12)4(11)2-14-8/h2,5,16H,3H2,1H3,(H,15,17). The minimum absolute atomic E-state index is 0.0258. The first-order chi connectivity index (χ1) is 8.92. The number of esters is 1. The Kier molecular flexibility index (Phi) is 5.81. The molecule has 1 atom stereocenters. The van der Waals surface area contributed by atoms with Crippen LogP contribution < -0.4 is 5.32 Å². The van der Waals surface area contributed by atoms with Crippen LogP contribution in [-0.4, -0.2) is 41.7 Å². The second-order valence-electron chi connectivity index (χ2n) is 3.31. The lowest BCUT2D eigenvalue weighted by Crippen LogP contribution is -2.44. The molecule has 19 heavy (non-hydrogen) atoms. The molecule has 1 aromatic rings. The molecule has 0 saturated carbocycles. The number of nitrogens with zero attached hydrogens (tertiary/aromatic N) is 1. The zero-order chi connectivity index (χ0) is 14.6. The van der Waals surface area contributed by atoms with Crippen LogP contribution in [0.3, 0.4) is 0 Å². The quantitative estimate of drug-likeness (QED) is 0.814. The van der Waals surface area contributed by atoms with E-state index < -0.39 is 24.5 Å². The zero-order valence-corrected chi connectivity index (χ0v) is 11.9. The van der Waals surface area contributed by atoms with E-state index in [-0.39, 0.29) is 20.8 Å². The second-order valence-corrected chi connectivity index (χ2v) is 4.48. The van der Waals surface area contributed by atoms with Crippen molar-refractivity contribution in [2.75, 3.05) is 13.7 Å². The first-order valence-corrected chi connectivity index (χ1v) is 6.04. The van der Waals surface area contributed by atoms with Crippen LogP contribution in [-0.2, 0) is 9.53 Å². The summed E-state index contributed by atoms with van der Waals surface area (Å²) >= 11 is 17.2. The van der Waals surface area contributed by atoms with Crippen molar-refractivity contribution >= 4 is 46.7 Å². The largest absolute Gasteiger partial charge is 0.467 e. The van der Waals surface area contributed by atoms with E-state index in [4.69, 9.17) is 39.9 Å². The highest BCUT2D eigenvalue weighted by Gasteiger charge is 2.24. The molecule has 6 nitrogen and oxygen atoms in total. The molecule has 1 heterocycles. The second kappa shape index (κ2) is 6.91. The van der Waals surface area contributed by atoms with Crippen LogP contribution in [0.25, 0.3) is 0 Å². The van der Waals surface area contributed by atoms with Gasteiger partial charge >= 0.3 is 5.97 Å². The van der Waals surface area contributed by atoms with Gasteiger partial charge in [0.1, 0.15) is 5.69 Å². The molecule has 104 valence electrons. The normalized spacial score (nSPS) is 11.8. The molecule has 0 aromatic carbocycles. The average molecular weight is 328 g/mol. The van der Waals surface area contributed by atoms with E-state index in [0.717, 1.165) is 13.3 Å². The maximum Gasteiger partial charge on any atom is 0.330 e. The summed E-state index contributed by atoms with van der Waals surface area (Å²) in [6.07, 6.45) is 1.15. The van der Waals surface area contributed by atoms with Crippen LogP contribution in [0.2, 0.25) is 15.1 Å². The van der Waals surface area contributed by atoms with Crippen LogP contribution in [0, 0.1) is 0 Å². The van der Waals surface area contributed by atoms with Crippen molar-refractivity contribution in [2.24, 2.45) is 0 Å². The Bertz CT molecular complexity index is 510. The highest BCUT2D eigenvalue weighted by atomic mass is 35.5. The minimum atomic E-state index is -1.22. The predicted molar refractivity (Wildman–Crippen MR) is 69.6 cm³/mol. The maximum atomic E-state index is 11.8. The molecular weight excluding hydrogens is 318 g/mol. The average Bonchev–Trinajstić information content (AvgIpc) is 2.41. The zero-order valence-electron chi connectivity index (χ0n) is 9.61. The molecule has 0 fully saturated rings. The number of halogens is 3. The molecule has 2 N–H and O–H groups in total. The van der Waals surface area contributed by atoms with Crippen LogP contribution in [0.15, 0.2) is 6.20 Å². The van der Waals surface area contributed by atoms with Crippen LogP contribution in [0.1, 0.15) is 10.5 Å². The van der Waals surface area contributed by atoms with Gasteiger partial charge in [-0.2, -0.15) is 0 Å². The van der Waals surface area contributed by atoms with Gasteiger partial charge in [0.05, 0.1) is 28.8 Å². The number of aromatic nitrogens is 1. The Labute approximate surface area is 123 Å². The topological polar surface area (TPSA) is 88.5 Å². The van der Waals surface area contributed by atoms with E-state index in [1.165, 1.54) is 0 Å². The number of methoxy groups -OCH3 is 1. The number of hydrogen-bond donors (Lipinski definition) is 2. The van der Waals surface area contributed by atoms with Crippen LogP contribution in [0.4, 0.5) is 0 Å². The van der Waals surface area contributed by atoms with Gasteiger partial charge in [-0.25, -0.2) is 9.78 Å². The number of nitrogens with one attached hydrogen (secondary N) is 1. The van der Waals surface area contributed by atoms with Crippen molar-refractivity contribution in [1.82, 2.24) is 10.3 Å². The molecule has 0 aliphatic heterocycles. The third kappa shape index (κ3) is 3.70. The summed E-state index contributed by atoms with van der Waals surface area (Å²) in [5.41, 5.74) is -0.210. The molecule has 0 radical (unpaired) electrons. The third-order valence-corrected chi connectivity index (χ3v) is 3.35. The number of carbonyl (C=O) groups excluding carboxylic acids is 2. The summed E-state index contributed by atoms with van der Waals surface area (Å²) in [7, 11) is 1.13. The van der Waals surface area contributed by atoms with Crippen molar-refractivity contribution in [3.05, 3.63) is 27.0 Å². The molecule has 9 heteroatoms. The third-order valence-electron chi connectivity index (χ3n) is 2.11. The Morgan fingerprint density at radius 2 is 2.05 bits per heavy atom. The Morgan fingerprint density at radius 1 is 1.42 bits per heavy atom. The van der Waals surface area contributed by atoms with Gasteiger partial charge < -0.3 is 15.2 Å². The first-order valence-electron chi connectivity index (χ1n) is 4.91. The molecule has 0 aliphatic rings. The molecule has 1 amide bonds. The van der Waals surface area contributed by atoms with E-state index in [9.17, 15) is 9.59 Å². The van der Waals surface area contributed by atoms with Crippen molar-refractivity contribution < 1.29 is 19.4 Å². The lowest BCUT2D eigenvalue weighted by atomic mass is 10.2. The lowest BCUT2D eigenvalue weighted by Gasteiger charge is -2.14. The number of amides is 1. The van der Waals surface area contributed by atoms with Gasteiger partial charge in [0.2, 0.25) is 0 Å². The van der Waals surface area contributed by atoms with E-state index in [0.29, 0.717) is 0 Å². The van der Waals surface area contributed by atoms with Crippen LogP contribution in [0.5, 0.6) is 0 Å². The number of rotatable bonds is 4. The van der Waals surface area contributed by atoms with Crippen molar-refractivity contribution in [3.63, 3.8) is 0 Å². The molecule has 1 unspecified atom stereocenters. The van der Waals surface area contributed by atoms with Crippen LogP contribution >= 0.6 is 34.8 Å². The molecule has 1 rings (SSSR count). The Morgan fingerprint density at radius 3 is 2.58 bits per heavy atom. The number of pyridine rings is 1. The number of aliphatic hydroxyl groups is 1. The van der Waals surface area contributed by atoms with Gasteiger partial charge in [0, 0.05) is 6.20 Å². The summed E-state index contributed by atoms with van der Waals surface area (Å²) in [5, 5.41) is 11.1. The highest BCUT2D eigenvalue weighted by molar-refractivity contribution is 6.48. The summed E-state index contributed by atoms with van der Waals surface area (Å²) < 4.78 is 4.40. The molecule has 1 aromatic heterocycles. The Hall–Kier alpha value is -1.08. The van der Waals surface area contributed by atoms with Gasteiger partial charge in [-0.15, -0.1) is 0 Å². The highest BCUT2D eigenvalue weighted by Crippen LogP contribution is 2.30. The summed E-state index contributed by atoms with van der Waals surface area (Å²) in [6, 6.07) is -1.22. The van der Waals surface area contributed by atoms with E-state index in [1.54, 1.807) is 0 Å². The minimum Gasteiger partial charge on any atom is -0.467 e. The van der Waals surface area contributed by atoms with E-state index in [2.05, 4.69) is 15.0 Å². The smallest absolute Gasteiger partial charge is 0.330 e. The lowest BCUT2D eigenvalue weighted by molar-refractivity contribution is -0.143. The predicted octanol–water partition coefficient (Wildman–Crippen LogP) is 1.31. The molecule has 0 spiro atoms. The fraction of sp³-hybridized carbons (Fsp3) is 0.300. The molecule has 0 bridgehead atoms. The Balaban J connectivity index is 2.95. The first kappa shape index (κ1) is 16.0. The van der Waals surface area contributed by atoms with E-state index in [1.807, 2.05) is 0 Å². The number of carbonyl (C=O) groups is 2. The van der Waals surface area contributed by atoms with E-state index >= 15 is 0 Å². The van der Waals surface area contributed by atoms with Gasteiger partial charge in [-0.3, -0.25) is 4.79 Å². The van der Waals surface area contributed by atoms with Crippen molar-refractivity contribution in [1.29, 1.82) is 0 Å². The fourth-order valence-corrected chi connectivity index (χ4v) is 1.72. The van der Waals surface area contributed by atoms with Crippen molar-refractivity contribution in [2.45, 2.75) is 6.04 Å².